The van der Waals surface area contributed by atoms with Crippen molar-refractivity contribution in [1.82, 2.24) is 29.8 Å². The van der Waals surface area contributed by atoms with Crippen LogP contribution in [0.5, 0.6) is 0 Å². The summed E-state index contributed by atoms with van der Waals surface area (Å²) in [4.78, 5) is 80.8. The van der Waals surface area contributed by atoms with Gasteiger partial charge in [0.1, 0.15) is 10.5 Å². The Bertz CT molecular complexity index is 2130. The molecule has 14 nitrogen and oxygen atoms in total. The number of hydrogen-bond donors (Lipinski definition) is 3. The van der Waals surface area contributed by atoms with E-state index in [-0.39, 0.29) is 60.5 Å². The normalized spacial score (nSPS) is 21.9. The van der Waals surface area contributed by atoms with Crippen molar-refractivity contribution in [3.8, 4) is 11.8 Å². The number of imide groups is 1. The predicted molar refractivity (Wildman–Crippen MR) is 203 cm³/mol. The third kappa shape index (κ3) is 7.95. The van der Waals surface area contributed by atoms with Crippen molar-refractivity contribution in [1.29, 1.82) is 0 Å². The minimum absolute atomic E-state index is 0.0259. The zero-order chi connectivity index (χ0) is 38.1. The molecule has 5 heterocycles. The molecule has 0 saturated carbocycles. The smallest absolute Gasteiger partial charge is 0.300 e. The Balaban J connectivity index is 0.888. The second kappa shape index (κ2) is 15.6. The fourth-order valence-corrected chi connectivity index (χ4v) is 8.26. The average molecular weight is 798 g/mol. The van der Waals surface area contributed by atoms with Crippen LogP contribution in [0.15, 0.2) is 57.9 Å². The molecule has 0 radical (unpaired) electrons. The number of rotatable bonds is 6. The number of likely N-dealkylation sites (tertiary alicyclic amines) is 2. The van der Waals surface area contributed by atoms with Crippen LogP contribution in [0.1, 0.15) is 69.9 Å². The van der Waals surface area contributed by atoms with Gasteiger partial charge in [0.15, 0.2) is 0 Å². The highest BCUT2D eigenvalue weighted by Gasteiger charge is 2.39. The number of nitrogens with zero attached hydrogens (tertiary/aromatic N) is 5. The topological polar surface area (TPSA) is 166 Å². The van der Waals surface area contributed by atoms with Crippen molar-refractivity contribution in [3.63, 3.8) is 0 Å². The largest absolute Gasteiger partial charge is 0.379 e. The molecule has 3 N–H and O–H groups in total. The van der Waals surface area contributed by atoms with Gasteiger partial charge in [-0.05, 0) is 102 Å². The Hall–Kier alpha value is -5.33. The Morgan fingerprint density at radius 2 is 1.74 bits per heavy atom. The number of likely N-dealkylation sites (N-methyl/N-ethyl adjacent to an activating group) is 1. The van der Waals surface area contributed by atoms with Gasteiger partial charge in [0, 0.05) is 75.0 Å². The van der Waals surface area contributed by atoms with Crippen LogP contribution in [0, 0.1) is 17.8 Å². The molecule has 2 aromatic carbocycles. The second-order valence-corrected chi connectivity index (χ2v) is 15.3. The third-order valence-corrected chi connectivity index (χ3v) is 11.4. The fourth-order valence-electron chi connectivity index (χ4n) is 7.79. The van der Waals surface area contributed by atoms with Gasteiger partial charge in [0.2, 0.25) is 11.8 Å². The van der Waals surface area contributed by atoms with E-state index in [1.54, 1.807) is 31.4 Å². The summed E-state index contributed by atoms with van der Waals surface area (Å²) in [6, 6.07) is 12.2. The standard InChI is InChI=1S/C39H41BrN8O6/c1-45-20-26(17-29(22-45)42-31-19-41-46(2)39(54)35(31)40)24-4-6-25(7-5-24)37(52)47-15-13-23(14-16-47)3-11-33(49)43-28-8-9-30-27(18-28)21-48(38(30)53)32-10-12-34(50)44-36(32)51/h4-9,18-19,23,26,29,32,42H,10,12-17,20-22H2,1-2H3,(H,43,49)(H,44,50,51)/t26-,29+,32?/m1/s1. The number of amides is 5. The maximum Gasteiger partial charge on any atom is 0.300 e. The summed E-state index contributed by atoms with van der Waals surface area (Å²) in [6.07, 6.45) is 4.30. The van der Waals surface area contributed by atoms with Gasteiger partial charge in [-0.1, -0.05) is 18.1 Å². The summed E-state index contributed by atoms with van der Waals surface area (Å²) in [7, 11) is 3.69. The third-order valence-electron chi connectivity index (χ3n) is 10.7. The Kier molecular flexibility index (Phi) is 10.7. The Morgan fingerprint density at radius 1 is 0.981 bits per heavy atom. The number of aromatic nitrogens is 2. The van der Waals surface area contributed by atoms with Crippen molar-refractivity contribution in [2.45, 2.75) is 56.7 Å². The molecule has 1 aromatic heterocycles. The van der Waals surface area contributed by atoms with Crippen molar-refractivity contribution in [2.75, 3.05) is 43.9 Å². The molecule has 1 unspecified atom stereocenters. The number of aryl methyl sites for hydroxylation is 1. The molecule has 7 rings (SSSR count). The highest BCUT2D eigenvalue weighted by molar-refractivity contribution is 9.10. The molecular weight excluding hydrogens is 756 g/mol. The van der Waals surface area contributed by atoms with Gasteiger partial charge >= 0.3 is 0 Å². The van der Waals surface area contributed by atoms with Crippen LogP contribution >= 0.6 is 15.9 Å². The molecule has 0 aliphatic carbocycles. The summed E-state index contributed by atoms with van der Waals surface area (Å²) in [6.45, 7) is 3.00. The minimum atomic E-state index is -0.706. The van der Waals surface area contributed by atoms with Crippen LogP contribution < -0.4 is 21.5 Å². The number of halogens is 1. The molecule has 15 heteroatoms. The molecule has 0 spiro atoms. The molecule has 54 heavy (non-hydrogen) atoms. The van der Waals surface area contributed by atoms with Gasteiger partial charge in [-0.15, -0.1) is 0 Å². The molecule has 4 aliphatic heterocycles. The number of piperidine rings is 3. The first-order valence-corrected chi connectivity index (χ1v) is 18.9. The van der Waals surface area contributed by atoms with E-state index in [9.17, 15) is 28.8 Å². The number of hydrogen-bond acceptors (Lipinski definition) is 9. The lowest BCUT2D eigenvalue weighted by Crippen LogP contribution is -2.52. The van der Waals surface area contributed by atoms with Gasteiger partial charge in [-0.3, -0.25) is 34.1 Å². The zero-order valence-electron chi connectivity index (χ0n) is 30.1. The minimum Gasteiger partial charge on any atom is -0.379 e. The summed E-state index contributed by atoms with van der Waals surface area (Å²) in [5.41, 5.74) is 3.91. The van der Waals surface area contributed by atoms with Crippen molar-refractivity contribution < 1.29 is 24.0 Å². The van der Waals surface area contributed by atoms with Crippen LogP contribution in [-0.4, -0.2) is 99.3 Å². The van der Waals surface area contributed by atoms with Crippen LogP contribution in [0.3, 0.4) is 0 Å². The molecule has 280 valence electrons. The van der Waals surface area contributed by atoms with Crippen LogP contribution in [0.2, 0.25) is 0 Å². The van der Waals surface area contributed by atoms with E-state index in [1.165, 1.54) is 9.58 Å². The molecule has 3 atom stereocenters. The lowest BCUT2D eigenvalue weighted by Gasteiger charge is -2.37. The first-order valence-electron chi connectivity index (χ1n) is 18.1. The number of fused-ring (bicyclic) bond motifs is 1. The van der Waals surface area contributed by atoms with E-state index >= 15 is 0 Å². The van der Waals surface area contributed by atoms with Gasteiger partial charge < -0.3 is 25.3 Å². The lowest BCUT2D eigenvalue weighted by atomic mass is 9.87. The van der Waals surface area contributed by atoms with Crippen LogP contribution in [0.25, 0.3) is 0 Å². The summed E-state index contributed by atoms with van der Waals surface area (Å²) in [5, 5.41) is 12.7. The van der Waals surface area contributed by atoms with E-state index in [2.05, 4.69) is 60.8 Å². The maximum atomic E-state index is 13.4. The first kappa shape index (κ1) is 37.0. The van der Waals surface area contributed by atoms with Gasteiger partial charge in [-0.2, -0.15) is 5.10 Å². The second-order valence-electron chi connectivity index (χ2n) is 14.5. The van der Waals surface area contributed by atoms with Crippen molar-refractivity contribution >= 4 is 56.8 Å². The van der Waals surface area contributed by atoms with E-state index in [4.69, 9.17) is 0 Å². The lowest BCUT2D eigenvalue weighted by molar-refractivity contribution is -0.137. The van der Waals surface area contributed by atoms with Gasteiger partial charge in [-0.25, -0.2) is 4.68 Å². The van der Waals surface area contributed by atoms with E-state index in [0.29, 0.717) is 58.5 Å². The predicted octanol–water partition coefficient (Wildman–Crippen LogP) is 2.70. The molecular formula is C39H41BrN8O6. The number of nitrogens with one attached hydrogen (secondary N) is 3. The van der Waals surface area contributed by atoms with Gasteiger partial charge in [0.25, 0.3) is 23.3 Å². The number of anilines is 2. The number of carbonyl (C=O) groups excluding carboxylic acids is 5. The Labute approximate surface area is 320 Å². The van der Waals surface area contributed by atoms with Crippen LogP contribution in [0.4, 0.5) is 11.4 Å². The van der Waals surface area contributed by atoms with E-state index in [0.717, 1.165) is 25.1 Å². The zero-order valence-corrected chi connectivity index (χ0v) is 31.6. The summed E-state index contributed by atoms with van der Waals surface area (Å²) in [5.74, 6) is 4.39. The molecule has 5 amide bonds. The highest BCUT2D eigenvalue weighted by Crippen LogP contribution is 2.31. The SMILES string of the molecule is CN1C[C@@H](Nc2cnn(C)c(=O)c2Br)C[C@@H](c2ccc(C(=O)N3CCC(C#CC(=O)Nc4ccc5c(c4)CN(C4CCC(=O)NC4=O)C5=O)CC3)cc2)C1. The summed E-state index contributed by atoms with van der Waals surface area (Å²) >= 11 is 3.41. The van der Waals surface area contributed by atoms with Gasteiger partial charge in [0.05, 0.1) is 11.9 Å². The molecule has 3 aromatic rings. The maximum absolute atomic E-state index is 13.4. The van der Waals surface area contributed by atoms with Crippen LogP contribution in [-0.2, 0) is 28.0 Å². The molecule has 3 fully saturated rings. The first-order chi connectivity index (χ1) is 25.9. The molecule has 4 aliphatic rings. The van der Waals surface area contributed by atoms with Crippen molar-refractivity contribution in [2.24, 2.45) is 13.0 Å². The monoisotopic (exact) mass is 796 g/mol. The summed E-state index contributed by atoms with van der Waals surface area (Å²) < 4.78 is 1.75. The number of benzene rings is 2. The van der Waals surface area contributed by atoms with Crippen molar-refractivity contribution in [3.05, 3.63) is 85.7 Å². The van der Waals surface area contributed by atoms with E-state index < -0.39 is 17.9 Å². The quantitative estimate of drug-likeness (QED) is 0.251. The number of carbonyl (C=O) groups is 5. The fraction of sp³-hybridized carbons (Fsp3) is 0.410. The highest BCUT2D eigenvalue weighted by atomic mass is 79.9. The molecule has 0 bridgehead atoms. The van der Waals surface area contributed by atoms with E-state index in [1.807, 2.05) is 29.2 Å². The molecule has 3 saturated heterocycles. The Morgan fingerprint density at radius 3 is 2.48 bits per heavy atom. The average Bonchev–Trinajstić information content (AvgIpc) is 3.48.